The molecule has 11 heteroatoms. The molecule has 6 aromatic rings. The van der Waals surface area contributed by atoms with Gasteiger partial charge in [-0.2, -0.15) is 0 Å². The Morgan fingerprint density at radius 3 is 2.33 bits per heavy atom. The second kappa shape index (κ2) is 18.4. The van der Waals surface area contributed by atoms with Crippen LogP contribution in [0, 0.1) is 13.8 Å². The molecule has 0 saturated carbocycles. The summed E-state index contributed by atoms with van der Waals surface area (Å²) < 4.78 is 19.0. The van der Waals surface area contributed by atoms with E-state index in [2.05, 4.69) is 64.3 Å². The Morgan fingerprint density at radius 2 is 1.61 bits per heavy atom. The minimum atomic E-state index is -0.00921. The van der Waals surface area contributed by atoms with Crippen LogP contribution in [0.1, 0.15) is 33.4 Å². The average Bonchev–Trinajstić information content (AvgIpc) is 3.59. The standard InChI is InChI=1S/C43H41ClN4O4S.ClH/c1-30-7-9-34(10-8-30)29-51-36-16-17-40(45-27-36)52-42-31(2)25-35(26-37(42)44)15-18-41(49)48-22-20-47(21-23-48)28-33-13-11-32(12-14-33)19-24-50-43-46-38-5-3-4-6-39(38)53-43;/h3-18,25-27H,19-24,28-29H2,1-2H3;1H. The van der Waals surface area contributed by atoms with Gasteiger partial charge in [0.05, 0.1) is 28.0 Å². The van der Waals surface area contributed by atoms with Gasteiger partial charge in [-0.05, 0) is 78.1 Å². The first kappa shape index (κ1) is 38.8. The number of pyridine rings is 1. The quantitative estimate of drug-likeness (QED) is 0.108. The number of halogens is 2. The number of aromatic nitrogens is 2. The number of carbonyl (C=O) groups excluding carboxylic acids is 1. The van der Waals surface area contributed by atoms with Crippen LogP contribution < -0.4 is 14.2 Å². The highest BCUT2D eigenvalue weighted by Crippen LogP contribution is 2.34. The second-order valence-electron chi connectivity index (χ2n) is 13.2. The molecule has 1 aliphatic heterocycles. The Balaban J connectivity index is 0.00000497. The summed E-state index contributed by atoms with van der Waals surface area (Å²) in [6.45, 7) is 8.89. The van der Waals surface area contributed by atoms with E-state index in [-0.39, 0.29) is 18.3 Å². The summed E-state index contributed by atoms with van der Waals surface area (Å²) in [6, 6.07) is 32.4. The number of para-hydroxylation sites is 1. The number of carbonyl (C=O) groups is 1. The van der Waals surface area contributed by atoms with Crippen molar-refractivity contribution in [2.75, 3.05) is 32.8 Å². The maximum Gasteiger partial charge on any atom is 0.274 e. The number of ether oxygens (including phenoxy) is 3. The molecular formula is C43H42Cl2N4O4S. The Morgan fingerprint density at radius 1 is 0.870 bits per heavy atom. The molecule has 0 radical (unpaired) electrons. The molecule has 0 spiro atoms. The maximum absolute atomic E-state index is 13.1. The van der Waals surface area contributed by atoms with Crippen molar-refractivity contribution in [2.45, 2.75) is 33.4 Å². The van der Waals surface area contributed by atoms with E-state index in [9.17, 15) is 4.79 Å². The minimum absolute atomic E-state index is 0. The second-order valence-corrected chi connectivity index (χ2v) is 14.6. The highest BCUT2D eigenvalue weighted by atomic mass is 35.5. The van der Waals surface area contributed by atoms with E-state index in [1.54, 1.807) is 41.8 Å². The third-order valence-electron chi connectivity index (χ3n) is 9.12. The van der Waals surface area contributed by atoms with Crippen molar-refractivity contribution in [1.82, 2.24) is 19.8 Å². The summed E-state index contributed by atoms with van der Waals surface area (Å²) in [7, 11) is 0. The van der Waals surface area contributed by atoms with Gasteiger partial charge in [0.25, 0.3) is 5.19 Å². The van der Waals surface area contributed by atoms with Crippen LogP contribution in [0.2, 0.25) is 5.02 Å². The topological polar surface area (TPSA) is 77.0 Å². The van der Waals surface area contributed by atoms with Crippen LogP contribution in [0.4, 0.5) is 0 Å². The molecule has 4 aromatic carbocycles. The number of hydrogen-bond donors (Lipinski definition) is 0. The summed E-state index contributed by atoms with van der Waals surface area (Å²) in [5.74, 6) is 1.58. The molecule has 7 rings (SSSR count). The lowest BCUT2D eigenvalue weighted by Crippen LogP contribution is -2.47. The summed E-state index contributed by atoms with van der Waals surface area (Å²) in [5.41, 5.74) is 7.44. The van der Waals surface area contributed by atoms with Crippen LogP contribution in [0.3, 0.4) is 0 Å². The van der Waals surface area contributed by atoms with Crippen LogP contribution in [-0.2, 0) is 24.4 Å². The van der Waals surface area contributed by atoms with Gasteiger partial charge in [-0.15, -0.1) is 12.4 Å². The van der Waals surface area contributed by atoms with E-state index in [0.717, 1.165) is 53.0 Å². The first-order chi connectivity index (χ1) is 25.8. The van der Waals surface area contributed by atoms with Crippen LogP contribution in [0.15, 0.2) is 109 Å². The fourth-order valence-corrected chi connectivity index (χ4v) is 7.24. The van der Waals surface area contributed by atoms with E-state index < -0.39 is 0 Å². The first-order valence-corrected chi connectivity index (χ1v) is 18.9. The van der Waals surface area contributed by atoms with Crippen LogP contribution in [0.5, 0.6) is 22.6 Å². The Kier molecular flexibility index (Phi) is 13.2. The molecule has 0 unspecified atom stereocenters. The number of amides is 1. The van der Waals surface area contributed by atoms with Gasteiger partial charge in [0.15, 0.2) is 5.75 Å². The summed E-state index contributed by atoms with van der Waals surface area (Å²) in [6.07, 6.45) is 5.89. The lowest BCUT2D eigenvalue weighted by molar-refractivity contribution is -0.127. The van der Waals surface area contributed by atoms with Crippen molar-refractivity contribution < 1.29 is 19.0 Å². The summed E-state index contributed by atoms with van der Waals surface area (Å²) in [4.78, 5) is 26.3. The van der Waals surface area contributed by atoms with Gasteiger partial charge in [-0.3, -0.25) is 9.69 Å². The molecule has 0 bridgehead atoms. The largest absolute Gasteiger partial charge is 0.487 e. The van der Waals surface area contributed by atoms with Gasteiger partial charge >= 0.3 is 0 Å². The number of nitrogens with zero attached hydrogens (tertiary/aromatic N) is 4. The highest BCUT2D eigenvalue weighted by Gasteiger charge is 2.20. The SMILES string of the molecule is Cc1ccc(COc2ccc(Oc3c(C)cc(C=CC(=O)N4CCN(Cc5ccc(CCOc6nc7ccccc7s6)cc5)CC4)cc3Cl)nc2)cc1.Cl. The Labute approximate surface area is 331 Å². The molecule has 0 atom stereocenters. The first-order valence-electron chi connectivity index (χ1n) is 17.7. The monoisotopic (exact) mass is 780 g/mol. The van der Waals surface area contributed by atoms with Crippen molar-refractivity contribution in [3.05, 3.63) is 148 Å². The fourth-order valence-electron chi connectivity index (χ4n) is 6.09. The highest BCUT2D eigenvalue weighted by molar-refractivity contribution is 7.20. The number of thiazole rings is 1. The van der Waals surface area contributed by atoms with Gasteiger partial charge in [0.2, 0.25) is 11.8 Å². The molecule has 3 heterocycles. The van der Waals surface area contributed by atoms with Crippen LogP contribution >= 0.6 is 35.3 Å². The lowest BCUT2D eigenvalue weighted by atomic mass is 10.1. The molecule has 1 fully saturated rings. The number of hydrogen-bond acceptors (Lipinski definition) is 8. The molecule has 1 amide bonds. The molecule has 54 heavy (non-hydrogen) atoms. The lowest BCUT2D eigenvalue weighted by Gasteiger charge is -2.34. The average molecular weight is 782 g/mol. The molecular weight excluding hydrogens is 739 g/mol. The van der Waals surface area contributed by atoms with Gasteiger partial charge in [-0.25, -0.2) is 9.97 Å². The maximum atomic E-state index is 13.1. The van der Waals surface area contributed by atoms with Crippen LogP contribution in [0.25, 0.3) is 16.3 Å². The normalized spacial score (nSPS) is 13.2. The van der Waals surface area contributed by atoms with Gasteiger partial charge in [0.1, 0.15) is 12.4 Å². The Bertz CT molecular complexity index is 2130. The third-order valence-corrected chi connectivity index (χ3v) is 10.3. The van der Waals surface area contributed by atoms with Crippen molar-refractivity contribution in [3.8, 4) is 22.6 Å². The third kappa shape index (κ3) is 10.4. The zero-order valence-corrected chi connectivity index (χ0v) is 32.6. The van der Waals surface area contributed by atoms with Crippen molar-refractivity contribution in [2.24, 2.45) is 0 Å². The predicted octanol–water partition coefficient (Wildman–Crippen LogP) is 9.73. The van der Waals surface area contributed by atoms with Gasteiger partial charge in [-0.1, -0.05) is 89.2 Å². The molecule has 2 aromatic heterocycles. The van der Waals surface area contributed by atoms with Gasteiger partial charge in [0, 0.05) is 51.3 Å². The number of fused-ring (bicyclic) bond motifs is 1. The van der Waals surface area contributed by atoms with E-state index in [0.29, 0.717) is 53.9 Å². The van der Waals surface area contributed by atoms with E-state index in [1.807, 2.05) is 54.3 Å². The van der Waals surface area contributed by atoms with Crippen LogP contribution in [-0.4, -0.2) is 58.5 Å². The molecule has 1 aliphatic rings. The van der Waals surface area contributed by atoms with E-state index >= 15 is 0 Å². The van der Waals surface area contributed by atoms with E-state index in [1.165, 1.54) is 16.7 Å². The summed E-state index contributed by atoms with van der Waals surface area (Å²) in [5, 5.41) is 1.16. The number of rotatable bonds is 13. The molecule has 0 aliphatic carbocycles. The van der Waals surface area contributed by atoms with Crippen molar-refractivity contribution >= 4 is 57.5 Å². The van der Waals surface area contributed by atoms with E-state index in [4.69, 9.17) is 25.8 Å². The predicted molar refractivity (Wildman–Crippen MR) is 219 cm³/mol. The van der Waals surface area contributed by atoms with Crippen molar-refractivity contribution in [1.29, 1.82) is 0 Å². The number of piperazine rings is 1. The minimum Gasteiger partial charge on any atom is -0.487 e. The number of aryl methyl sites for hydroxylation is 2. The fraction of sp³-hybridized carbons (Fsp3) is 0.233. The smallest absolute Gasteiger partial charge is 0.274 e. The molecule has 8 nitrogen and oxygen atoms in total. The Hall–Kier alpha value is -4.93. The molecule has 278 valence electrons. The summed E-state index contributed by atoms with van der Waals surface area (Å²) >= 11 is 8.22. The molecule has 0 N–H and O–H groups in total. The zero-order valence-electron chi connectivity index (χ0n) is 30.2. The molecule has 1 saturated heterocycles. The number of benzene rings is 4. The van der Waals surface area contributed by atoms with Gasteiger partial charge < -0.3 is 19.1 Å². The zero-order chi connectivity index (χ0) is 36.6. The van der Waals surface area contributed by atoms with Crippen molar-refractivity contribution in [3.63, 3.8) is 0 Å².